The topological polar surface area (TPSA) is 66.7 Å². The van der Waals surface area contributed by atoms with Crippen LogP contribution >= 0.6 is 11.6 Å². The van der Waals surface area contributed by atoms with Crippen LogP contribution in [0, 0.1) is 17.0 Å². The summed E-state index contributed by atoms with van der Waals surface area (Å²) in [6.07, 6.45) is 0.868. The molecule has 142 valence electrons. The zero-order chi connectivity index (χ0) is 19.4. The molecule has 1 fully saturated rings. The highest BCUT2D eigenvalue weighted by atomic mass is 35.5. The monoisotopic (exact) mass is 387 g/mol. The van der Waals surface area contributed by atoms with Crippen molar-refractivity contribution in [1.29, 1.82) is 0 Å². The van der Waals surface area contributed by atoms with Crippen molar-refractivity contribution in [2.24, 2.45) is 0 Å². The van der Waals surface area contributed by atoms with Crippen molar-refractivity contribution < 1.29 is 9.72 Å². The van der Waals surface area contributed by atoms with Gasteiger partial charge in [0.05, 0.1) is 4.92 Å². The van der Waals surface area contributed by atoms with Gasteiger partial charge in [-0.05, 0) is 37.1 Å². The van der Waals surface area contributed by atoms with E-state index in [1.54, 1.807) is 24.0 Å². The van der Waals surface area contributed by atoms with E-state index in [2.05, 4.69) is 4.90 Å². The van der Waals surface area contributed by atoms with Gasteiger partial charge in [-0.1, -0.05) is 29.8 Å². The number of halogens is 1. The molecule has 0 saturated carbocycles. The van der Waals surface area contributed by atoms with E-state index in [0.717, 1.165) is 31.1 Å². The third-order valence-electron chi connectivity index (χ3n) is 4.93. The van der Waals surface area contributed by atoms with Crippen molar-refractivity contribution in [2.75, 3.05) is 26.2 Å². The third kappa shape index (κ3) is 4.64. The number of benzene rings is 2. The van der Waals surface area contributed by atoms with Crippen molar-refractivity contribution in [3.8, 4) is 0 Å². The minimum Gasteiger partial charge on any atom is -0.337 e. The van der Waals surface area contributed by atoms with Crippen LogP contribution in [-0.2, 0) is 6.54 Å². The highest BCUT2D eigenvalue weighted by Crippen LogP contribution is 2.23. The summed E-state index contributed by atoms with van der Waals surface area (Å²) in [4.78, 5) is 27.7. The summed E-state index contributed by atoms with van der Waals surface area (Å²) in [5.74, 6) is -0.135. The Bertz CT molecular complexity index is 839. The summed E-state index contributed by atoms with van der Waals surface area (Å²) in [5.41, 5.74) is 2.01. The predicted octanol–water partition coefficient (Wildman–Crippen LogP) is 3.90. The molecule has 3 rings (SSSR count). The second-order valence-corrected chi connectivity index (χ2v) is 7.19. The maximum atomic E-state index is 12.9. The zero-order valence-electron chi connectivity index (χ0n) is 15.2. The number of nitrogens with zero attached hydrogens (tertiary/aromatic N) is 3. The number of nitro benzene ring substituents is 1. The first-order valence-corrected chi connectivity index (χ1v) is 9.33. The fourth-order valence-electron chi connectivity index (χ4n) is 3.40. The van der Waals surface area contributed by atoms with Gasteiger partial charge in [0.25, 0.3) is 11.6 Å². The fraction of sp³-hybridized carbons (Fsp3) is 0.350. The number of hydrogen-bond donors (Lipinski definition) is 0. The summed E-state index contributed by atoms with van der Waals surface area (Å²) in [6.45, 7) is 5.38. The Kier molecular flexibility index (Phi) is 6.08. The minimum atomic E-state index is -0.442. The molecule has 0 N–H and O–H groups in total. The zero-order valence-corrected chi connectivity index (χ0v) is 16.0. The van der Waals surface area contributed by atoms with Gasteiger partial charge in [0.1, 0.15) is 0 Å². The Balaban J connectivity index is 1.67. The van der Waals surface area contributed by atoms with Gasteiger partial charge in [-0.15, -0.1) is 0 Å². The molecule has 6 nitrogen and oxygen atoms in total. The molecule has 0 unspecified atom stereocenters. The Morgan fingerprint density at radius 3 is 2.56 bits per heavy atom. The minimum absolute atomic E-state index is 0.0139. The molecule has 0 bridgehead atoms. The molecule has 2 aromatic carbocycles. The highest BCUT2D eigenvalue weighted by Gasteiger charge is 2.24. The first-order valence-electron chi connectivity index (χ1n) is 8.96. The quantitative estimate of drug-likeness (QED) is 0.589. The van der Waals surface area contributed by atoms with Crippen LogP contribution in [0.1, 0.15) is 27.9 Å². The summed E-state index contributed by atoms with van der Waals surface area (Å²) in [5, 5.41) is 11.9. The average molecular weight is 388 g/mol. The van der Waals surface area contributed by atoms with Gasteiger partial charge in [0, 0.05) is 54.9 Å². The molecular formula is C20H22ClN3O3. The van der Waals surface area contributed by atoms with E-state index < -0.39 is 4.92 Å². The normalized spacial score (nSPS) is 15.4. The number of hydrogen-bond acceptors (Lipinski definition) is 4. The number of carbonyl (C=O) groups excluding carboxylic acids is 1. The summed E-state index contributed by atoms with van der Waals surface area (Å²) < 4.78 is 0. The van der Waals surface area contributed by atoms with Crippen LogP contribution in [0.15, 0.2) is 42.5 Å². The van der Waals surface area contributed by atoms with Crippen molar-refractivity contribution in [3.63, 3.8) is 0 Å². The molecular weight excluding hydrogens is 366 g/mol. The van der Waals surface area contributed by atoms with Crippen LogP contribution < -0.4 is 0 Å². The number of carbonyl (C=O) groups is 1. The van der Waals surface area contributed by atoms with Crippen molar-refractivity contribution in [3.05, 3.63) is 74.3 Å². The van der Waals surface area contributed by atoms with Gasteiger partial charge in [0.15, 0.2) is 0 Å². The molecule has 0 aromatic heterocycles. The lowest BCUT2D eigenvalue weighted by atomic mass is 10.1. The molecule has 1 saturated heterocycles. The van der Waals surface area contributed by atoms with Gasteiger partial charge in [-0.3, -0.25) is 19.8 Å². The van der Waals surface area contributed by atoms with Crippen LogP contribution in [-0.4, -0.2) is 46.8 Å². The van der Waals surface area contributed by atoms with Crippen LogP contribution in [0.5, 0.6) is 0 Å². The Morgan fingerprint density at radius 1 is 1.11 bits per heavy atom. The largest absolute Gasteiger partial charge is 0.337 e. The van der Waals surface area contributed by atoms with Gasteiger partial charge >= 0.3 is 0 Å². The number of amides is 1. The maximum Gasteiger partial charge on any atom is 0.273 e. The summed E-state index contributed by atoms with van der Waals surface area (Å²) in [7, 11) is 0. The van der Waals surface area contributed by atoms with E-state index in [9.17, 15) is 14.9 Å². The van der Waals surface area contributed by atoms with E-state index in [4.69, 9.17) is 11.6 Å². The Labute approximate surface area is 163 Å². The first-order chi connectivity index (χ1) is 13.0. The van der Waals surface area contributed by atoms with Crippen LogP contribution in [0.4, 0.5) is 5.69 Å². The van der Waals surface area contributed by atoms with Crippen molar-refractivity contribution in [1.82, 2.24) is 9.80 Å². The molecule has 1 heterocycles. The predicted molar refractivity (Wildman–Crippen MR) is 105 cm³/mol. The first kappa shape index (κ1) is 19.3. The molecule has 2 aromatic rings. The van der Waals surface area contributed by atoms with Crippen molar-refractivity contribution >= 4 is 23.2 Å². The number of rotatable bonds is 4. The molecule has 1 aliphatic rings. The van der Waals surface area contributed by atoms with Crippen LogP contribution in [0.2, 0.25) is 5.02 Å². The average Bonchev–Trinajstić information content (AvgIpc) is 2.88. The molecule has 0 aliphatic carbocycles. The summed E-state index contributed by atoms with van der Waals surface area (Å²) >= 11 is 5.94. The number of nitro groups is 1. The Morgan fingerprint density at radius 2 is 1.85 bits per heavy atom. The molecule has 0 spiro atoms. The van der Waals surface area contributed by atoms with Gasteiger partial charge in [-0.25, -0.2) is 0 Å². The maximum absolute atomic E-state index is 12.9. The van der Waals surface area contributed by atoms with Crippen molar-refractivity contribution in [2.45, 2.75) is 19.9 Å². The van der Waals surface area contributed by atoms with Crippen LogP contribution in [0.3, 0.4) is 0 Å². The van der Waals surface area contributed by atoms with E-state index in [1.165, 1.54) is 11.6 Å². The molecule has 0 atom stereocenters. The van der Waals surface area contributed by atoms with E-state index >= 15 is 0 Å². The molecule has 1 aliphatic heterocycles. The van der Waals surface area contributed by atoms with Gasteiger partial charge < -0.3 is 4.90 Å². The summed E-state index contributed by atoms with van der Waals surface area (Å²) in [6, 6.07) is 12.5. The SMILES string of the molecule is Cc1c(C(=O)N2CCCN(Cc3ccc(Cl)cc3)CC2)cccc1[N+](=O)[O-]. The van der Waals surface area contributed by atoms with E-state index in [1.807, 2.05) is 24.3 Å². The molecule has 1 amide bonds. The lowest BCUT2D eigenvalue weighted by Gasteiger charge is -2.22. The van der Waals surface area contributed by atoms with E-state index in [0.29, 0.717) is 24.2 Å². The standard InChI is InChI=1S/C20H22ClN3O3/c1-15-18(4-2-5-19(15)24(26)27)20(25)23-11-3-10-22(12-13-23)14-16-6-8-17(21)9-7-16/h2,4-9H,3,10-14H2,1H3. The van der Waals surface area contributed by atoms with Crippen LogP contribution in [0.25, 0.3) is 0 Å². The smallest absolute Gasteiger partial charge is 0.273 e. The molecule has 7 heteroatoms. The second-order valence-electron chi connectivity index (χ2n) is 6.76. The highest BCUT2D eigenvalue weighted by molar-refractivity contribution is 6.30. The lowest BCUT2D eigenvalue weighted by Crippen LogP contribution is -2.35. The third-order valence-corrected chi connectivity index (χ3v) is 5.18. The Hall–Kier alpha value is -2.44. The second kappa shape index (κ2) is 8.50. The molecule has 0 radical (unpaired) electrons. The fourth-order valence-corrected chi connectivity index (χ4v) is 3.53. The lowest BCUT2D eigenvalue weighted by molar-refractivity contribution is -0.385. The van der Waals surface area contributed by atoms with E-state index in [-0.39, 0.29) is 11.6 Å². The van der Waals surface area contributed by atoms with Gasteiger partial charge in [0.2, 0.25) is 0 Å². The van der Waals surface area contributed by atoms with Gasteiger partial charge in [-0.2, -0.15) is 0 Å². The molecule has 27 heavy (non-hydrogen) atoms.